The van der Waals surface area contributed by atoms with Crippen LogP contribution in [0.4, 0.5) is 0 Å². The average molecular weight is 204 g/mol. The summed E-state index contributed by atoms with van der Waals surface area (Å²) >= 11 is 0. The zero-order chi connectivity index (χ0) is 10.7. The topological polar surface area (TPSA) is 20.2 Å². The monoisotopic (exact) mass is 204 g/mol. The van der Waals surface area contributed by atoms with E-state index in [4.69, 9.17) is 0 Å². The minimum Gasteiger partial charge on any atom is -0.508 e. The molecule has 0 saturated heterocycles. The van der Waals surface area contributed by atoms with Gasteiger partial charge in [-0.1, -0.05) is 38.3 Å². The number of phenolic OH excluding ortho intramolecular Hbond substituents is 1. The standard InChI is InChI=1S/C14H20O/c1-11(12-6-3-2-4-7-12)13-8-5-9-14(15)10-13/h5,8-12,15H,2-4,6-7H2,1H3. The first kappa shape index (κ1) is 10.5. The number of hydrogen-bond donors (Lipinski definition) is 1. The Hall–Kier alpha value is -0.980. The van der Waals surface area contributed by atoms with Crippen LogP contribution in [0.2, 0.25) is 0 Å². The van der Waals surface area contributed by atoms with E-state index in [1.807, 2.05) is 12.1 Å². The van der Waals surface area contributed by atoms with Crippen LogP contribution < -0.4 is 0 Å². The molecule has 0 aliphatic heterocycles. The van der Waals surface area contributed by atoms with E-state index in [0.29, 0.717) is 11.7 Å². The molecule has 1 heteroatoms. The van der Waals surface area contributed by atoms with E-state index in [1.165, 1.54) is 37.7 Å². The second-order valence-corrected chi connectivity index (χ2v) is 4.78. The van der Waals surface area contributed by atoms with Gasteiger partial charge in [0.15, 0.2) is 0 Å². The Kier molecular flexibility index (Phi) is 3.30. The highest BCUT2D eigenvalue weighted by molar-refractivity contribution is 5.29. The van der Waals surface area contributed by atoms with E-state index in [9.17, 15) is 5.11 Å². The zero-order valence-corrected chi connectivity index (χ0v) is 9.45. The van der Waals surface area contributed by atoms with Crippen molar-refractivity contribution in [3.05, 3.63) is 29.8 Å². The molecule has 1 nitrogen and oxygen atoms in total. The van der Waals surface area contributed by atoms with Gasteiger partial charge < -0.3 is 5.11 Å². The fourth-order valence-electron chi connectivity index (χ4n) is 2.71. The molecule has 1 aromatic rings. The summed E-state index contributed by atoms with van der Waals surface area (Å²) in [6.07, 6.45) is 6.89. The maximum absolute atomic E-state index is 9.46. The summed E-state index contributed by atoms with van der Waals surface area (Å²) in [6, 6.07) is 7.75. The lowest BCUT2D eigenvalue weighted by Gasteiger charge is -2.28. The molecule has 1 aromatic carbocycles. The maximum atomic E-state index is 9.46. The molecule has 2 rings (SSSR count). The van der Waals surface area contributed by atoms with Crippen LogP contribution in [-0.4, -0.2) is 5.11 Å². The average Bonchev–Trinajstić information content (AvgIpc) is 2.29. The second kappa shape index (κ2) is 4.69. The summed E-state index contributed by atoms with van der Waals surface area (Å²) in [5.74, 6) is 1.81. The van der Waals surface area contributed by atoms with Crippen molar-refractivity contribution in [2.75, 3.05) is 0 Å². The van der Waals surface area contributed by atoms with Crippen LogP contribution >= 0.6 is 0 Å². The van der Waals surface area contributed by atoms with Gasteiger partial charge in [0, 0.05) is 0 Å². The van der Waals surface area contributed by atoms with Crippen molar-refractivity contribution in [1.82, 2.24) is 0 Å². The van der Waals surface area contributed by atoms with Gasteiger partial charge in [-0.15, -0.1) is 0 Å². The van der Waals surface area contributed by atoms with Gasteiger partial charge in [0.2, 0.25) is 0 Å². The Morgan fingerprint density at radius 3 is 2.60 bits per heavy atom. The summed E-state index contributed by atoms with van der Waals surface area (Å²) in [5.41, 5.74) is 1.29. The Bertz CT molecular complexity index is 313. The van der Waals surface area contributed by atoms with Crippen molar-refractivity contribution in [1.29, 1.82) is 0 Å². The Morgan fingerprint density at radius 1 is 1.20 bits per heavy atom. The molecule has 1 aliphatic rings. The molecule has 0 aromatic heterocycles. The van der Waals surface area contributed by atoms with Crippen molar-refractivity contribution in [2.45, 2.75) is 44.9 Å². The third-order valence-corrected chi connectivity index (χ3v) is 3.75. The Labute approximate surface area is 92.1 Å². The molecule has 1 atom stereocenters. The molecule has 1 unspecified atom stereocenters. The lowest BCUT2D eigenvalue weighted by atomic mass is 9.78. The molecule has 0 radical (unpaired) electrons. The normalized spacial score (nSPS) is 20.1. The molecule has 82 valence electrons. The molecule has 1 N–H and O–H groups in total. The van der Waals surface area contributed by atoms with Gasteiger partial charge in [-0.2, -0.15) is 0 Å². The van der Waals surface area contributed by atoms with E-state index >= 15 is 0 Å². The number of aromatic hydroxyl groups is 1. The fourth-order valence-corrected chi connectivity index (χ4v) is 2.71. The van der Waals surface area contributed by atoms with Crippen molar-refractivity contribution in [3.63, 3.8) is 0 Å². The zero-order valence-electron chi connectivity index (χ0n) is 9.45. The molecule has 0 heterocycles. The molecule has 0 spiro atoms. The van der Waals surface area contributed by atoms with Crippen molar-refractivity contribution in [2.24, 2.45) is 5.92 Å². The van der Waals surface area contributed by atoms with Crippen molar-refractivity contribution >= 4 is 0 Å². The minimum absolute atomic E-state index is 0.398. The maximum Gasteiger partial charge on any atom is 0.115 e. The molecule has 1 fully saturated rings. The largest absolute Gasteiger partial charge is 0.508 e. The number of rotatable bonds is 2. The minimum atomic E-state index is 0.398. The summed E-state index contributed by atoms with van der Waals surface area (Å²) in [4.78, 5) is 0. The molecule has 15 heavy (non-hydrogen) atoms. The predicted molar refractivity (Wildman–Crippen MR) is 63.1 cm³/mol. The van der Waals surface area contributed by atoms with Gasteiger partial charge in [-0.05, 0) is 42.4 Å². The first-order valence-electron chi connectivity index (χ1n) is 6.06. The summed E-state index contributed by atoms with van der Waals surface area (Å²) in [6.45, 7) is 2.30. The van der Waals surface area contributed by atoms with E-state index in [1.54, 1.807) is 6.07 Å². The van der Waals surface area contributed by atoms with E-state index in [2.05, 4.69) is 13.0 Å². The van der Waals surface area contributed by atoms with Crippen LogP contribution in [0.25, 0.3) is 0 Å². The summed E-state index contributed by atoms with van der Waals surface area (Å²) in [5, 5.41) is 9.46. The highest BCUT2D eigenvalue weighted by Crippen LogP contribution is 2.36. The molecule has 1 aliphatic carbocycles. The van der Waals surface area contributed by atoms with Crippen molar-refractivity contribution < 1.29 is 5.11 Å². The van der Waals surface area contributed by atoms with Gasteiger partial charge in [-0.3, -0.25) is 0 Å². The molecular formula is C14H20O. The number of benzene rings is 1. The second-order valence-electron chi connectivity index (χ2n) is 4.78. The van der Waals surface area contributed by atoms with Gasteiger partial charge in [0.1, 0.15) is 5.75 Å². The van der Waals surface area contributed by atoms with Crippen LogP contribution in [0.5, 0.6) is 5.75 Å². The van der Waals surface area contributed by atoms with Gasteiger partial charge in [0.05, 0.1) is 0 Å². The number of hydrogen-bond acceptors (Lipinski definition) is 1. The lowest BCUT2D eigenvalue weighted by Crippen LogP contribution is -2.13. The third-order valence-electron chi connectivity index (χ3n) is 3.75. The highest BCUT2D eigenvalue weighted by atomic mass is 16.3. The van der Waals surface area contributed by atoms with Crippen LogP contribution in [0.1, 0.15) is 50.5 Å². The van der Waals surface area contributed by atoms with E-state index < -0.39 is 0 Å². The van der Waals surface area contributed by atoms with E-state index in [0.717, 1.165) is 5.92 Å². The molecule has 0 amide bonds. The predicted octanol–water partition coefficient (Wildman–Crippen LogP) is 4.08. The van der Waals surface area contributed by atoms with Gasteiger partial charge in [-0.25, -0.2) is 0 Å². The summed E-state index contributed by atoms with van der Waals surface area (Å²) < 4.78 is 0. The van der Waals surface area contributed by atoms with E-state index in [-0.39, 0.29) is 0 Å². The smallest absolute Gasteiger partial charge is 0.115 e. The van der Waals surface area contributed by atoms with Crippen molar-refractivity contribution in [3.8, 4) is 5.75 Å². The van der Waals surface area contributed by atoms with Crippen LogP contribution in [0.15, 0.2) is 24.3 Å². The fraction of sp³-hybridized carbons (Fsp3) is 0.571. The third kappa shape index (κ3) is 2.53. The SMILES string of the molecule is CC(c1cccc(O)c1)C1CCCCC1. The van der Waals surface area contributed by atoms with Crippen LogP contribution in [0.3, 0.4) is 0 Å². The molecule has 0 bridgehead atoms. The first-order valence-corrected chi connectivity index (χ1v) is 6.06. The molecule has 1 saturated carbocycles. The van der Waals surface area contributed by atoms with Crippen LogP contribution in [0, 0.1) is 5.92 Å². The first-order chi connectivity index (χ1) is 7.27. The quantitative estimate of drug-likeness (QED) is 0.769. The summed E-state index contributed by atoms with van der Waals surface area (Å²) in [7, 11) is 0. The highest BCUT2D eigenvalue weighted by Gasteiger charge is 2.21. The Balaban J connectivity index is 2.08. The molecular weight excluding hydrogens is 184 g/mol. The number of phenols is 1. The lowest BCUT2D eigenvalue weighted by molar-refractivity contribution is 0.315. The van der Waals surface area contributed by atoms with Gasteiger partial charge >= 0.3 is 0 Å². The Morgan fingerprint density at radius 2 is 1.93 bits per heavy atom. The van der Waals surface area contributed by atoms with Crippen LogP contribution in [-0.2, 0) is 0 Å². The van der Waals surface area contributed by atoms with Gasteiger partial charge in [0.25, 0.3) is 0 Å².